The van der Waals surface area contributed by atoms with E-state index in [4.69, 9.17) is 19.9 Å². The number of hydrogen-bond acceptors (Lipinski definition) is 5. The molecule has 3 heterocycles. The molecule has 0 N–H and O–H groups in total. The molecule has 9 heteroatoms. The van der Waals surface area contributed by atoms with Crippen molar-refractivity contribution in [2.24, 2.45) is 0 Å². The monoisotopic (exact) mass is 715 g/mol. The summed E-state index contributed by atoms with van der Waals surface area (Å²) >= 11 is 0. The first-order chi connectivity index (χ1) is 26.2. The summed E-state index contributed by atoms with van der Waals surface area (Å²) in [5.74, 6) is -4.28. The summed E-state index contributed by atoms with van der Waals surface area (Å²) in [6.45, 7) is 4.49. The Bertz CT molecular complexity index is 2700. The minimum Gasteiger partial charge on any atom is -0.310 e. The zero-order valence-corrected chi connectivity index (χ0v) is 29.0. The lowest BCUT2D eigenvalue weighted by molar-refractivity contribution is 0.509. The summed E-state index contributed by atoms with van der Waals surface area (Å²) in [4.78, 5) is 21.7. The van der Waals surface area contributed by atoms with Crippen LogP contribution in [0.3, 0.4) is 0 Å². The van der Waals surface area contributed by atoms with Gasteiger partial charge in [0.2, 0.25) is 0 Å². The Morgan fingerprint density at radius 2 is 0.796 bits per heavy atom. The molecule has 0 saturated carbocycles. The zero-order chi connectivity index (χ0) is 37.1. The highest BCUT2D eigenvalue weighted by atomic mass is 19.2. The number of anilines is 3. The normalized spacial score (nSPS) is 13.1. The number of halogens is 4. The minimum atomic E-state index is -1.10. The molecule has 0 atom stereocenters. The first-order valence-corrected chi connectivity index (χ1v) is 17.3. The lowest BCUT2D eigenvalue weighted by Gasteiger charge is -2.42. The van der Waals surface area contributed by atoms with Crippen molar-refractivity contribution in [2.45, 2.75) is 19.3 Å². The second kappa shape index (κ2) is 12.7. The number of para-hydroxylation sites is 2. The first-order valence-electron chi connectivity index (χ1n) is 17.3. The van der Waals surface area contributed by atoms with Crippen molar-refractivity contribution in [2.75, 3.05) is 4.90 Å². The molecule has 2 aromatic heterocycles. The highest BCUT2D eigenvalue weighted by Crippen LogP contribution is 2.51. The molecule has 9 rings (SSSR count). The molecule has 262 valence electrons. The van der Waals surface area contributed by atoms with E-state index in [1.165, 1.54) is 23.3 Å². The quantitative estimate of drug-likeness (QED) is 0.166. The third-order valence-electron chi connectivity index (χ3n) is 9.99. The Morgan fingerprint density at radius 1 is 0.407 bits per heavy atom. The zero-order valence-electron chi connectivity index (χ0n) is 29.0. The Balaban J connectivity index is 1.23. The minimum absolute atomic E-state index is 0.0980. The molecule has 54 heavy (non-hydrogen) atoms. The molecule has 5 nitrogen and oxygen atoms in total. The second-order valence-electron chi connectivity index (χ2n) is 13.7. The maximum absolute atomic E-state index is 14.6. The van der Waals surface area contributed by atoms with Crippen LogP contribution in [-0.2, 0) is 5.41 Å². The highest BCUT2D eigenvalue weighted by molar-refractivity contribution is 5.90. The van der Waals surface area contributed by atoms with Gasteiger partial charge in [0.1, 0.15) is 0 Å². The lowest BCUT2D eigenvalue weighted by atomic mass is 9.73. The van der Waals surface area contributed by atoms with Crippen molar-refractivity contribution in [3.8, 4) is 45.0 Å². The summed E-state index contributed by atoms with van der Waals surface area (Å²) in [6, 6.07) is 41.1. The Labute approximate surface area is 308 Å². The van der Waals surface area contributed by atoms with E-state index >= 15 is 0 Å². The fourth-order valence-corrected chi connectivity index (χ4v) is 7.29. The van der Waals surface area contributed by atoms with Gasteiger partial charge in [-0.25, -0.2) is 37.5 Å². The molecular weight excluding hydrogens is 687 g/mol. The third-order valence-corrected chi connectivity index (χ3v) is 9.99. The molecule has 1 aliphatic heterocycles. The fourth-order valence-electron chi connectivity index (χ4n) is 7.29. The van der Waals surface area contributed by atoms with Crippen LogP contribution in [0, 0.1) is 23.3 Å². The summed E-state index contributed by atoms with van der Waals surface area (Å²) in [5, 5.41) is 0. The largest absolute Gasteiger partial charge is 0.310 e. The Kier molecular flexibility index (Phi) is 7.81. The van der Waals surface area contributed by atoms with Crippen LogP contribution in [0.25, 0.3) is 56.3 Å². The second-order valence-corrected chi connectivity index (χ2v) is 13.7. The molecule has 0 spiro atoms. The molecule has 6 aromatic carbocycles. The van der Waals surface area contributed by atoms with Gasteiger partial charge in [0.05, 0.1) is 34.2 Å². The van der Waals surface area contributed by atoms with E-state index in [0.717, 1.165) is 52.5 Å². The van der Waals surface area contributed by atoms with Crippen molar-refractivity contribution in [1.29, 1.82) is 0 Å². The highest BCUT2D eigenvalue weighted by Gasteiger charge is 2.36. The van der Waals surface area contributed by atoms with Crippen LogP contribution in [0.1, 0.15) is 25.0 Å². The van der Waals surface area contributed by atoms with Gasteiger partial charge in [-0.1, -0.05) is 92.7 Å². The molecular formula is C45H29F4N5. The molecule has 0 unspecified atom stereocenters. The summed E-state index contributed by atoms with van der Waals surface area (Å²) in [7, 11) is 0. The van der Waals surface area contributed by atoms with Crippen molar-refractivity contribution < 1.29 is 17.6 Å². The third kappa shape index (κ3) is 5.47. The maximum atomic E-state index is 14.6. The maximum Gasteiger partial charge on any atom is 0.199 e. The van der Waals surface area contributed by atoms with Crippen LogP contribution in [0.15, 0.2) is 140 Å². The van der Waals surface area contributed by atoms with Gasteiger partial charge in [-0.15, -0.1) is 0 Å². The molecule has 0 fully saturated rings. The van der Waals surface area contributed by atoms with Gasteiger partial charge in [-0.2, -0.15) is 0 Å². The molecule has 0 bridgehead atoms. The van der Waals surface area contributed by atoms with Crippen molar-refractivity contribution in [1.82, 2.24) is 19.9 Å². The SMILES string of the molecule is CC1(C)c2ccccc2N(c2ccc(-c3nc4nc(-c5ccc(F)c(F)c5)c(-c5ccc(F)c(F)c5)nc4nc3-c3ccccc3)cc2)c2ccccc21. The van der Waals surface area contributed by atoms with E-state index in [2.05, 4.69) is 67.3 Å². The topological polar surface area (TPSA) is 54.8 Å². The van der Waals surface area contributed by atoms with Gasteiger partial charge in [0, 0.05) is 33.4 Å². The van der Waals surface area contributed by atoms with Crippen LogP contribution in [-0.4, -0.2) is 19.9 Å². The molecule has 8 aromatic rings. The fraction of sp³-hybridized carbons (Fsp3) is 0.0667. The van der Waals surface area contributed by atoms with Crippen molar-refractivity contribution in [3.63, 3.8) is 0 Å². The van der Waals surface area contributed by atoms with Crippen molar-refractivity contribution in [3.05, 3.63) is 174 Å². The molecule has 0 radical (unpaired) electrons. The van der Waals surface area contributed by atoms with Gasteiger partial charge in [0.25, 0.3) is 0 Å². The summed E-state index contributed by atoms with van der Waals surface area (Å²) in [5.41, 5.74) is 8.78. The first kappa shape index (κ1) is 33.1. The Morgan fingerprint density at radius 3 is 1.26 bits per heavy atom. The average Bonchev–Trinajstić information content (AvgIpc) is 3.20. The molecule has 0 saturated heterocycles. The standard InChI is InChI=1S/C45H29F4N5/c1-45(2)31-12-6-8-14-37(31)54(38-15-9-7-13-32(38)45)30-20-16-27(17-21-30)40-39(26-10-4-3-5-11-26)50-43-44(51-40)53-42(29-19-23-34(47)36(49)25-29)41(52-43)28-18-22-33(46)35(48)24-28/h3-25H,1-2H3. The van der Waals surface area contributed by atoms with Crippen LogP contribution in [0.2, 0.25) is 0 Å². The van der Waals surface area contributed by atoms with E-state index in [-0.39, 0.29) is 39.2 Å². The number of nitrogens with zero attached hydrogens (tertiary/aromatic N) is 5. The summed E-state index contributed by atoms with van der Waals surface area (Å²) in [6.07, 6.45) is 0. The van der Waals surface area contributed by atoms with Gasteiger partial charge < -0.3 is 4.90 Å². The number of benzene rings is 6. The van der Waals surface area contributed by atoms with Crippen molar-refractivity contribution >= 4 is 28.4 Å². The lowest BCUT2D eigenvalue weighted by Crippen LogP contribution is -2.30. The number of rotatable bonds is 5. The van der Waals surface area contributed by atoms with Gasteiger partial charge in [-0.3, -0.25) is 0 Å². The van der Waals surface area contributed by atoms with Gasteiger partial charge >= 0.3 is 0 Å². The molecule has 1 aliphatic rings. The number of aromatic nitrogens is 4. The molecule has 0 aliphatic carbocycles. The predicted octanol–water partition coefficient (Wildman–Crippen LogP) is 11.8. The number of hydrogen-bond donors (Lipinski definition) is 0. The summed E-state index contributed by atoms with van der Waals surface area (Å²) < 4.78 is 57.1. The smallest absolute Gasteiger partial charge is 0.199 e. The van der Waals surface area contributed by atoms with Gasteiger partial charge in [0.15, 0.2) is 34.6 Å². The predicted molar refractivity (Wildman–Crippen MR) is 204 cm³/mol. The van der Waals surface area contributed by atoms with Crippen LogP contribution >= 0.6 is 0 Å². The van der Waals surface area contributed by atoms with E-state index in [1.54, 1.807) is 0 Å². The van der Waals surface area contributed by atoms with Crippen LogP contribution < -0.4 is 4.90 Å². The number of fused-ring (bicyclic) bond motifs is 3. The van der Waals surface area contributed by atoms with Gasteiger partial charge in [-0.05, 0) is 71.8 Å². The van der Waals surface area contributed by atoms with Crippen LogP contribution in [0.4, 0.5) is 34.6 Å². The van der Waals surface area contributed by atoms with E-state index < -0.39 is 23.3 Å². The average molecular weight is 716 g/mol. The Hall–Kier alpha value is -6.74. The van der Waals surface area contributed by atoms with E-state index in [9.17, 15) is 17.6 Å². The molecule has 0 amide bonds. The van der Waals surface area contributed by atoms with E-state index in [1.807, 2.05) is 54.6 Å². The van der Waals surface area contributed by atoms with E-state index in [0.29, 0.717) is 11.4 Å². The van der Waals surface area contributed by atoms with Crippen LogP contribution in [0.5, 0.6) is 0 Å².